The van der Waals surface area contributed by atoms with Gasteiger partial charge in [-0.15, -0.1) is 0 Å². The van der Waals surface area contributed by atoms with Gasteiger partial charge >= 0.3 is 0 Å². The predicted octanol–water partition coefficient (Wildman–Crippen LogP) is 3.65. The van der Waals surface area contributed by atoms with Crippen molar-refractivity contribution in [3.63, 3.8) is 0 Å². The van der Waals surface area contributed by atoms with Crippen molar-refractivity contribution in [2.75, 3.05) is 24.2 Å². The number of benzene rings is 2. The molecule has 0 bridgehead atoms. The van der Waals surface area contributed by atoms with E-state index in [2.05, 4.69) is 61.3 Å². The Morgan fingerprint density at radius 2 is 1.79 bits per heavy atom. The highest BCUT2D eigenvalue weighted by Crippen LogP contribution is 2.23. The molecule has 2 heteroatoms. The van der Waals surface area contributed by atoms with Gasteiger partial charge in [0.05, 0.1) is 11.4 Å². The molecule has 2 nitrogen and oxygen atoms in total. The first kappa shape index (κ1) is 13.5. The Morgan fingerprint density at radius 1 is 1.05 bits per heavy atom. The Kier molecular flexibility index (Phi) is 4.45. The van der Waals surface area contributed by atoms with Crippen molar-refractivity contribution in [1.82, 2.24) is 0 Å². The van der Waals surface area contributed by atoms with Crippen molar-refractivity contribution < 1.29 is 0 Å². The van der Waals surface area contributed by atoms with Crippen LogP contribution in [0.15, 0.2) is 48.5 Å². The minimum atomic E-state index is 0.854. The van der Waals surface area contributed by atoms with Crippen molar-refractivity contribution >= 4 is 11.4 Å². The van der Waals surface area contributed by atoms with Crippen molar-refractivity contribution in [2.45, 2.75) is 19.8 Å². The van der Waals surface area contributed by atoms with Crippen LogP contribution in [0.1, 0.15) is 17.5 Å². The smallest absolute Gasteiger partial charge is 0.0599 e. The maximum absolute atomic E-state index is 6.03. The lowest BCUT2D eigenvalue weighted by atomic mass is 10.1. The van der Waals surface area contributed by atoms with Crippen molar-refractivity contribution in [2.24, 2.45) is 0 Å². The van der Waals surface area contributed by atoms with Gasteiger partial charge in [-0.1, -0.05) is 36.4 Å². The van der Waals surface area contributed by atoms with Crippen molar-refractivity contribution in [1.29, 1.82) is 0 Å². The standard InChI is InChI=1S/C17H22N2/c1-14-10-11-16(18)17(13-14)19(2)12-6-9-15-7-4-3-5-8-15/h3-5,7-8,10-11,13H,6,9,12,18H2,1-2H3. The molecule has 0 aliphatic heterocycles. The highest BCUT2D eigenvalue weighted by Gasteiger charge is 2.05. The second-order valence-electron chi connectivity index (χ2n) is 5.07. The number of nitrogens with zero attached hydrogens (tertiary/aromatic N) is 1. The summed E-state index contributed by atoms with van der Waals surface area (Å²) < 4.78 is 0. The van der Waals surface area contributed by atoms with E-state index in [1.165, 1.54) is 11.1 Å². The fraction of sp³-hybridized carbons (Fsp3) is 0.294. The first-order chi connectivity index (χ1) is 9.16. The molecule has 0 heterocycles. The van der Waals surface area contributed by atoms with E-state index in [-0.39, 0.29) is 0 Å². The van der Waals surface area contributed by atoms with Gasteiger partial charge in [0.25, 0.3) is 0 Å². The third kappa shape index (κ3) is 3.75. The van der Waals surface area contributed by atoms with Gasteiger partial charge in [0, 0.05) is 13.6 Å². The fourth-order valence-corrected chi connectivity index (χ4v) is 2.27. The molecule has 0 aliphatic rings. The van der Waals surface area contributed by atoms with E-state index >= 15 is 0 Å². The van der Waals surface area contributed by atoms with Crippen LogP contribution in [-0.4, -0.2) is 13.6 Å². The zero-order chi connectivity index (χ0) is 13.7. The lowest BCUT2D eigenvalue weighted by Gasteiger charge is -2.21. The van der Waals surface area contributed by atoms with Crippen LogP contribution in [0, 0.1) is 6.92 Å². The molecule has 0 unspecified atom stereocenters. The Hall–Kier alpha value is -1.96. The van der Waals surface area contributed by atoms with Crippen LogP contribution in [0.4, 0.5) is 11.4 Å². The SMILES string of the molecule is Cc1ccc(N)c(N(C)CCCc2ccccc2)c1. The van der Waals surface area contributed by atoms with Gasteiger partial charge in [-0.3, -0.25) is 0 Å². The zero-order valence-electron chi connectivity index (χ0n) is 11.8. The Balaban J connectivity index is 1.91. The quantitative estimate of drug-likeness (QED) is 0.825. The second kappa shape index (κ2) is 6.28. The maximum atomic E-state index is 6.03. The summed E-state index contributed by atoms with van der Waals surface area (Å²) in [6.07, 6.45) is 2.24. The summed E-state index contributed by atoms with van der Waals surface area (Å²) in [6.45, 7) is 3.11. The normalized spacial score (nSPS) is 10.4. The van der Waals surface area contributed by atoms with Gasteiger partial charge in [0.1, 0.15) is 0 Å². The minimum Gasteiger partial charge on any atom is -0.397 e. The van der Waals surface area contributed by atoms with E-state index in [9.17, 15) is 0 Å². The molecular formula is C17H22N2. The van der Waals surface area contributed by atoms with Gasteiger partial charge in [-0.25, -0.2) is 0 Å². The molecule has 100 valence electrons. The summed E-state index contributed by atoms with van der Waals surface area (Å²) in [5.41, 5.74) is 10.7. The molecule has 0 saturated heterocycles. The largest absolute Gasteiger partial charge is 0.397 e. The van der Waals surface area contributed by atoms with Crippen molar-refractivity contribution in [3.8, 4) is 0 Å². The molecule has 0 spiro atoms. The first-order valence-corrected chi connectivity index (χ1v) is 6.78. The average molecular weight is 254 g/mol. The minimum absolute atomic E-state index is 0.854. The monoisotopic (exact) mass is 254 g/mol. The average Bonchev–Trinajstić information content (AvgIpc) is 2.42. The molecule has 0 saturated carbocycles. The van der Waals surface area contributed by atoms with Crippen LogP contribution in [0.25, 0.3) is 0 Å². The molecule has 0 aliphatic carbocycles. The highest BCUT2D eigenvalue weighted by molar-refractivity contribution is 5.68. The van der Waals surface area contributed by atoms with Gasteiger partial charge < -0.3 is 10.6 Å². The first-order valence-electron chi connectivity index (χ1n) is 6.78. The lowest BCUT2D eigenvalue weighted by molar-refractivity contribution is 0.786. The lowest BCUT2D eigenvalue weighted by Crippen LogP contribution is -2.20. The van der Waals surface area contributed by atoms with Crippen LogP contribution in [0.3, 0.4) is 0 Å². The molecule has 0 fully saturated rings. The third-order valence-electron chi connectivity index (χ3n) is 3.40. The zero-order valence-corrected chi connectivity index (χ0v) is 11.8. The molecule has 2 aromatic carbocycles. The van der Waals surface area contributed by atoms with Crippen LogP contribution >= 0.6 is 0 Å². The number of nitrogens with two attached hydrogens (primary N) is 1. The number of nitrogen functional groups attached to an aromatic ring is 1. The molecule has 2 rings (SSSR count). The van der Waals surface area contributed by atoms with E-state index in [1.54, 1.807) is 0 Å². The van der Waals surface area contributed by atoms with Gasteiger partial charge in [-0.2, -0.15) is 0 Å². The maximum Gasteiger partial charge on any atom is 0.0599 e. The van der Waals surface area contributed by atoms with Crippen molar-refractivity contribution in [3.05, 3.63) is 59.7 Å². The molecule has 0 aromatic heterocycles. The molecule has 2 aromatic rings. The molecular weight excluding hydrogens is 232 g/mol. The Bertz CT molecular complexity index is 520. The summed E-state index contributed by atoms with van der Waals surface area (Å²) in [6, 6.07) is 16.8. The highest BCUT2D eigenvalue weighted by atomic mass is 15.1. The number of hydrogen-bond donors (Lipinski definition) is 1. The van der Waals surface area contributed by atoms with E-state index in [4.69, 9.17) is 5.73 Å². The molecule has 0 radical (unpaired) electrons. The number of rotatable bonds is 5. The van der Waals surface area contributed by atoms with Crippen LogP contribution in [0.5, 0.6) is 0 Å². The second-order valence-corrected chi connectivity index (χ2v) is 5.07. The van der Waals surface area contributed by atoms with E-state index in [0.717, 1.165) is 30.8 Å². The fourth-order valence-electron chi connectivity index (χ4n) is 2.27. The van der Waals surface area contributed by atoms with Crippen LogP contribution in [0.2, 0.25) is 0 Å². The summed E-state index contributed by atoms with van der Waals surface area (Å²) >= 11 is 0. The van der Waals surface area contributed by atoms with Crippen LogP contribution < -0.4 is 10.6 Å². The van der Waals surface area contributed by atoms with Crippen LogP contribution in [-0.2, 0) is 6.42 Å². The Morgan fingerprint density at radius 3 is 2.53 bits per heavy atom. The number of aryl methyl sites for hydroxylation is 2. The Labute approximate surface area is 115 Å². The summed E-state index contributed by atoms with van der Waals surface area (Å²) in [5.74, 6) is 0. The summed E-state index contributed by atoms with van der Waals surface area (Å²) in [4.78, 5) is 2.24. The predicted molar refractivity (Wildman–Crippen MR) is 83.6 cm³/mol. The summed E-state index contributed by atoms with van der Waals surface area (Å²) in [7, 11) is 2.11. The van der Waals surface area contributed by atoms with E-state index < -0.39 is 0 Å². The molecule has 0 amide bonds. The molecule has 19 heavy (non-hydrogen) atoms. The third-order valence-corrected chi connectivity index (χ3v) is 3.40. The molecule has 0 atom stereocenters. The van der Waals surface area contributed by atoms with Gasteiger partial charge in [0.15, 0.2) is 0 Å². The van der Waals surface area contributed by atoms with E-state index in [1.807, 2.05) is 6.07 Å². The molecule has 2 N–H and O–H groups in total. The number of anilines is 2. The number of hydrogen-bond acceptors (Lipinski definition) is 2. The van der Waals surface area contributed by atoms with Gasteiger partial charge in [0.2, 0.25) is 0 Å². The topological polar surface area (TPSA) is 29.3 Å². The van der Waals surface area contributed by atoms with Gasteiger partial charge in [-0.05, 0) is 43.0 Å². The van der Waals surface area contributed by atoms with E-state index in [0.29, 0.717) is 0 Å². The summed E-state index contributed by atoms with van der Waals surface area (Å²) in [5, 5.41) is 0.